The van der Waals surface area contributed by atoms with Crippen LogP contribution >= 0.6 is 12.4 Å². The highest BCUT2D eigenvalue weighted by Gasteiger charge is 2.32. The minimum absolute atomic E-state index is 0. The molecule has 3 rings (SSSR count). The second-order valence-electron chi connectivity index (χ2n) is 6.17. The Morgan fingerprint density at radius 3 is 2.83 bits per heavy atom. The van der Waals surface area contributed by atoms with Crippen LogP contribution in [0.25, 0.3) is 0 Å². The highest BCUT2D eigenvalue weighted by molar-refractivity contribution is 5.85. The highest BCUT2D eigenvalue weighted by atomic mass is 35.5. The van der Waals surface area contributed by atoms with E-state index < -0.39 is 0 Å². The third-order valence-electron chi connectivity index (χ3n) is 4.74. The van der Waals surface area contributed by atoms with Crippen molar-refractivity contribution >= 4 is 24.1 Å². The number of nitrogens with one attached hydrogen (secondary N) is 1. The van der Waals surface area contributed by atoms with Gasteiger partial charge in [0.25, 0.3) is 0 Å². The van der Waals surface area contributed by atoms with E-state index in [1.165, 1.54) is 16.8 Å². The van der Waals surface area contributed by atoms with Crippen LogP contribution in [-0.4, -0.2) is 25.7 Å². The molecule has 1 aromatic carbocycles. The van der Waals surface area contributed by atoms with Crippen molar-refractivity contribution in [3.63, 3.8) is 0 Å². The second kappa shape index (κ2) is 7.26. The van der Waals surface area contributed by atoms with E-state index in [0.29, 0.717) is 12.5 Å². The second-order valence-corrected chi connectivity index (χ2v) is 6.17. The molecule has 0 saturated heterocycles. The summed E-state index contributed by atoms with van der Waals surface area (Å²) in [5.41, 5.74) is 3.96. The molecule has 0 spiro atoms. The number of carbonyl (C=O) groups excluding carboxylic acids is 1. The molecule has 1 N–H and O–H groups in total. The quantitative estimate of drug-likeness (QED) is 0.842. The van der Waals surface area contributed by atoms with Gasteiger partial charge in [0.2, 0.25) is 0 Å². The van der Waals surface area contributed by atoms with E-state index in [1.54, 1.807) is 0 Å². The van der Waals surface area contributed by atoms with Gasteiger partial charge in [0, 0.05) is 12.7 Å². The van der Waals surface area contributed by atoms with E-state index in [-0.39, 0.29) is 24.4 Å². The molecule has 4 nitrogen and oxygen atoms in total. The smallest absolute Gasteiger partial charge is 0.328 e. The van der Waals surface area contributed by atoms with Gasteiger partial charge in [0.05, 0.1) is 6.61 Å². The van der Waals surface area contributed by atoms with Crippen molar-refractivity contribution in [1.82, 2.24) is 5.32 Å². The number of ether oxygens (including phenoxy) is 1. The van der Waals surface area contributed by atoms with Crippen LogP contribution in [0.4, 0.5) is 5.69 Å². The molecule has 23 heavy (non-hydrogen) atoms. The number of halogens is 1. The summed E-state index contributed by atoms with van der Waals surface area (Å²) in [5, 5.41) is 3.45. The molecule has 0 bridgehead atoms. The first-order valence-corrected chi connectivity index (χ1v) is 8.09. The lowest BCUT2D eigenvalue weighted by atomic mass is 9.88. The maximum Gasteiger partial charge on any atom is 0.328 e. The standard InChI is InChI=1S/C18H24N2O2.ClH/c1-4-22-18(21)15-10-9-12(2)14-11-13-7-5-6-8-16(13)20(3)17(14)19-15;/h5-8,12,15,19H,4,9-11H2,1-3H3;1H. The number of carbonyl (C=O) groups is 1. The molecule has 5 heteroatoms. The van der Waals surface area contributed by atoms with Crippen LogP contribution in [0.1, 0.15) is 32.3 Å². The minimum Gasteiger partial charge on any atom is -0.464 e. The molecule has 126 valence electrons. The van der Waals surface area contributed by atoms with Gasteiger partial charge in [-0.25, -0.2) is 4.79 Å². The van der Waals surface area contributed by atoms with Crippen molar-refractivity contribution in [2.45, 2.75) is 39.2 Å². The number of fused-ring (bicyclic) bond motifs is 1. The van der Waals surface area contributed by atoms with Crippen molar-refractivity contribution in [1.29, 1.82) is 0 Å². The largest absolute Gasteiger partial charge is 0.464 e. The number of anilines is 1. The molecule has 0 radical (unpaired) electrons. The topological polar surface area (TPSA) is 41.6 Å². The zero-order valence-corrected chi connectivity index (χ0v) is 14.8. The lowest BCUT2D eigenvalue weighted by Gasteiger charge is -2.34. The highest BCUT2D eigenvalue weighted by Crippen LogP contribution is 2.37. The summed E-state index contributed by atoms with van der Waals surface area (Å²) in [6.45, 7) is 4.54. The van der Waals surface area contributed by atoms with Crippen LogP contribution in [0.15, 0.2) is 35.7 Å². The van der Waals surface area contributed by atoms with Crippen LogP contribution in [0.2, 0.25) is 0 Å². The summed E-state index contributed by atoms with van der Waals surface area (Å²) in [4.78, 5) is 14.3. The van der Waals surface area contributed by atoms with Crippen molar-refractivity contribution in [3.8, 4) is 0 Å². The predicted octanol–water partition coefficient (Wildman–Crippen LogP) is 3.26. The van der Waals surface area contributed by atoms with Gasteiger partial charge in [-0.3, -0.25) is 0 Å². The summed E-state index contributed by atoms with van der Waals surface area (Å²) in [6, 6.07) is 8.23. The first kappa shape index (κ1) is 17.7. The lowest BCUT2D eigenvalue weighted by Crippen LogP contribution is -2.42. The Kier molecular flexibility index (Phi) is 5.58. The van der Waals surface area contributed by atoms with Gasteiger partial charge in [-0.15, -0.1) is 12.4 Å². The van der Waals surface area contributed by atoms with Crippen LogP contribution in [0.3, 0.4) is 0 Å². The number of esters is 1. The molecule has 2 heterocycles. The third-order valence-corrected chi connectivity index (χ3v) is 4.74. The molecule has 0 aromatic heterocycles. The normalized spacial score (nSPS) is 23.0. The van der Waals surface area contributed by atoms with Crippen LogP contribution in [0.5, 0.6) is 0 Å². The number of allylic oxidation sites excluding steroid dienone is 1. The number of hydrogen-bond acceptors (Lipinski definition) is 4. The van der Waals surface area contributed by atoms with E-state index in [0.717, 1.165) is 25.1 Å². The summed E-state index contributed by atoms with van der Waals surface area (Å²) in [5.74, 6) is 1.41. The van der Waals surface area contributed by atoms with E-state index in [2.05, 4.69) is 48.5 Å². The molecule has 2 aliphatic rings. The van der Waals surface area contributed by atoms with Crippen LogP contribution in [-0.2, 0) is 16.0 Å². The fraction of sp³-hybridized carbons (Fsp3) is 0.500. The molecule has 0 aliphatic carbocycles. The average Bonchev–Trinajstić information content (AvgIpc) is 2.68. The maximum atomic E-state index is 12.2. The van der Waals surface area contributed by atoms with Gasteiger partial charge in [0.1, 0.15) is 11.9 Å². The summed E-state index contributed by atoms with van der Waals surface area (Å²) in [6.07, 6.45) is 2.78. The SMILES string of the molecule is CCOC(=O)C1CCC(C)C2=C(N1)N(C)c1ccccc1C2.Cl. The maximum absolute atomic E-state index is 12.2. The number of hydrogen-bond donors (Lipinski definition) is 1. The predicted molar refractivity (Wildman–Crippen MR) is 94.8 cm³/mol. The Morgan fingerprint density at radius 2 is 2.09 bits per heavy atom. The average molecular weight is 337 g/mol. The van der Waals surface area contributed by atoms with Gasteiger partial charge in [-0.2, -0.15) is 0 Å². The van der Waals surface area contributed by atoms with Gasteiger partial charge in [-0.1, -0.05) is 25.1 Å². The first-order chi connectivity index (χ1) is 10.6. The first-order valence-electron chi connectivity index (χ1n) is 8.09. The molecule has 2 unspecified atom stereocenters. The number of nitrogens with zero attached hydrogens (tertiary/aromatic N) is 1. The van der Waals surface area contributed by atoms with Crippen LogP contribution in [0, 0.1) is 5.92 Å². The molecule has 1 aromatic rings. The van der Waals surface area contributed by atoms with Gasteiger partial charge >= 0.3 is 5.97 Å². The van der Waals surface area contributed by atoms with E-state index in [4.69, 9.17) is 4.74 Å². The summed E-state index contributed by atoms with van der Waals surface area (Å²) in [7, 11) is 2.07. The van der Waals surface area contributed by atoms with Gasteiger partial charge in [0.15, 0.2) is 0 Å². The molecule has 2 aliphatic heterocycles. The fourth-order valence-corrected chi connectivity index (χ4v) is 3.46. The zero-order valence-electron chi connectivity index (χ0n) is 14.0. The van der Waals surface area contributed by atoms with Crippen molar-refractivity contribution < 1.29 is 9.53 Å². The van der Waals surface area contributed by atoms with Crippen LogP contribution < -0.4 is 10.2 Å². The van der Waals surface area contributed by atoms with Gasteiger partial charge < -0.3 is 15.0 Å². The Hall–Kier alpha value is -1.68. The van der Waals surface area contributed by atoms with Crippen molar-refractivity contribution in [2.24, 2.45) is 5.92 Å². The summed E-state index contributed by atoms with van der Waals surface area (Å²) >= 11 is 0. The zero-order chi connectivity index (χ0) is 15.7. The molecule has 0 amide bonds. The van der Waals surface area contributed by atoms with E-state index in [9.17, 15) is 4.79 Å². The molecule has 2 atom stereocenters. The Morgan fingerprint density at radius 1 is 1.35 bits per heavy atom. The number of benzene rings is 1. The fourth-order valence-electron chi connectivity index (χ4n) is 3.46. The van der Waals surface area contributed by atoms with Gasteiger partial charge in [-0.05, 0) is 49.3 Å². The molecule has 0 fully saturated rings. The molecular formula is C18H25ClN2O2. The summed E-state index contributed by atoms with van der Waals surface area (Å²) < 4.78 is 5.21. The lowest BCUT2D eigenvalue weighted by molar-refractivity contribution is -0.145. The minimum atomic E-state index is -0.248. The Labute approximate surface area is 144 Å². The third kappa shape index (κ3) is 3.32. The Bertz CT molecular complexity index is 615. The monoisotopic (exact) mass is 336 g/mol. The van der Waals surface area contributed by atoms with Crippen molar-refractivity contribution in [3.05, 3.63) is 41.2 Å². The molecular weight excluding hydrogens is 312 g/mol. The van der Waals surface area contributed by atoms with E-state index >= 15 is 0 Å². The van der Waals surface area contributed by atoms with E-state index in [1.807, 2.05) is 6.92 Å². The van der Waals surface area contributed by atoms with Crippen molar-refractivity contribution in [2.75, 3.05) is 18.6 Å². The number of para-hydroxylation sites is 1. The Balaban J connectivity index is 0.00000192. The molecule has 0 saturated carbocycles. The number of rotatable bonds is 2.